The number of hydrogen-bond donors (Lipinski definition) is 0. The summed E-state index contributed by atoms with van der Waals surface area (Å²) in [6, 6.07) is 8.36. The highest BCUT2D eigenvalue weighted by Crippen LogP contribution is 2.27. The lowest BCUT2D eigenvalue weighted by Crippen LogP contribution is -2.39. The Hall–Kier alpha value is -3.81. The van der Waals surface area contributed by atoms with E-state index in [9.17, 15) is 4.79 Å². The van der Waals surface area contributed by atoms with Gasteiger partial charge in [0.1, 0.15) is 0 Å². The molecule has 0 radical (unpaired) electrons. The lowest BCUT2D eigenvalue weighted by molar-refractivity contribution is -0.130. The molecule has 0 saturated carbocycles. The predicted octanol–water partition coefficient (Wildman–Crippen LogP) is 3.59. The van der Waals surface area contributed by atoms with Crippen molar-refractivity contribution < 1.29 is 4.79 Å². The van der Waals surface area contributed by atoms with Crippen LogP contribution in [0, 0.1) is 0 Å². The molecule has 0 bridgehead atoms. The number of amides is 1. The summed E-state index contributed by atoms with van der Waals surface area (Å²) < 4.78 is 3.76. The molecule has 32 heavy (non-hydrogen) atoms. The van der Waals surface area contributed by atoms with E-state index in [0.29, 0.717) is 12.4 Å². The Kier molecular flexibility index (Phi) is 5.26. The third-order valence-electron chi connectivity index (χ3n) is 5.96. The zero-order chi connectivity index (χ0) is 22.1. The topological polar surface area (TPSA) is 81.7 Å². The molecule has 8 nitrogen and oxygen atoms in total. The molecule has 1 fully saturated rings. The molecule has 8 heteroatoms. The first kappa shape index (κ1) is 20.1. The largest absolute Gasteiger partial charge is 0.341 e. The molecule has 0 N–H and O–H groups in total. The minimum absolute atomic E-state index is 0.124. The van der Waals surface area contributed by atoms with Crippen LogP contribution in [0.5, 0.6) is 0 Å². The van der Waals surface area contributed by atoms with Crippen molar-refractivity contribution in [2.45, 2.75) is 25.8 Å². The number of benzene rings is 1. The fraction of sp³-hybridized carbons (Fsp3) is 0.292. The van der Waals surface area contributed by atoms with Gasteiger partial charge >= 0.3 is 0 Å². The summed E-state index contributed by atoms with van der Waals surface area (Å²) in [6.07, 6.45) is 13.4. The van der Waals surface area contributed by atoms with Crippen molar-refractivity contribution in [1.82, 2.24) is 34.4 Å². The molecule has 0 unspecified atom stereocenters. The van der Waals surface area contributed by atoms with Crippen LogP contribution in [0.3, 0.4) is 0 Å². The maximum Gasteiger partial charge on any atom is 0.219 e. The summed E-state index contributed by atoms with van der Waals surface area (Å²) in [5, 5.41) is 8.80. The van der Waals surface area contributed by atoms with E-state index in [2.05, 4.69) is 32.3 Å². The first-order chi connectivity index (χ1) is 15.6. The average molecular weight is 428 g/mol. The van der Waals surface area contributed by atoms with Crippen LogP contribution in [0.25, 0.3) is 33.6 Å². The van der Waals surface area contributed by atoms with Gasteiger partial charge in [-0.2, -0.15) is 10.2 Å². The van der Waals surface area contributed by atoms with E-state index >= 15 is 0 Å². The van der Waals surface area contributed by atoms with E-state index in [1.807, 2.05) is 65.9 Å². The summed E-state index contributed by atoms with van der Waals surface area (Å²) in [5.41, 5.74) is 4.99. The van der Waals surface area contributed by atoms with Gasteiger partial charge in [0.25, 0.3) is 0 Å². The number of rotatable bonds is 4. The lowest BCUT2D eigenvalue weighted by atomic mass is 10.1. The quantitative estimate of drug-likeness (QED) is 0.497. The maximum absolute atomic E-state index is 11.7. The zero-order valence-corrected chi connectivity index (χ0v) is 18.2. The number of aromatic nitrogens is 6. The van der Waals surface area contributed by atoms with Gasteiger partial charge in [-0.25, -0.2) is 9.97 Å². The average Bonchev–Trinajstić information content (AvgIpc) is 3.49. The number of nitrogens with zero attached hydrogens (tertiary/aromatic N) is 7. The fourth-order valence-electron chi connectivity index (χ4n) is 4.18. The first-order valence-corrected chi connectivity index (χ1v) is 10.8. The van der Waals surface area contributed by atoms with Gasteiger partial charge in [-0.3, -0.25) is 14.2 Å². The highest BCUT2D eigenvalue weighted by molar-refractivity contribution is 5.73. The third-order valence-corrected chi connectivity index (χ3v) is 5.96. The summed E-state index contributed by atoms with van der Waals surface area (Å²) in [4.78, 5) is 22.8. The van der Waals surface area contributed by atoms with Gasteiger partial charge in [0.2, 0.25) is 5.91 Å². The number of carbonyl (C=O) groups excluding carboxylic acids is 1. The Labute approximate surface area is 186 Å². The van der Waals surface area contributed by atoms with Crippen LogP contribution >= 0.6 is 0 Å². The smallest absolute Gasteiger partial charge is 0.219 e. The van der Waals surface area contributed by atoms with Crippen LogP contribution in [-0.4, -0.2) is 53.4 Å². The monoisotopic (exact) mass is 427 g/mol. The van der Waals surface area contributed by atoms with Crippen molar-refractivity contribution >= 4 is 5.91 Å². The number of piperidine rings is 1. The van der Waals surface area contributed by atoms with Gasteiger partial charge in [0.15, 0.2) is 5.82 Å². The van der Waals surface area contributed by atoms with Crippen molar-refractivity contribution in [1.29, 1.82) is 0 Å². The first-order valence-electron chi connectivity index (χ1n) is 10.8. The molecule has 0 spiro atoms. The Morgan fingerprint density at radius 3 is 2.44 bits per heavy atom. The van der Waals surface area contributed by atoms with Gasteiger partial charge in [-0.15, -0.1) is 0 Å². The van der Waals surface area contributed by atoms with Crippen molar-refractivity contribution in [2.24, 2.45) is 7.05 Å². The second kappa shape index (κ2) is 8.37. The molecule has 1 aliphatic heterocycles. The van der Waals surface area contributed by atoms with E-state index in [0.717, 1.165) is 47.2 Å². The number of aryl methyl sites for hydroxylation is 1. The van der Waals surface area contributed by atoms with Gasteiger partial charge < -0.3 is 4.90 Å². The lowest BCUT2D eigenvalue weighted by Gasteiger charge is -2.32. The molecule has 162 valence electrons. The van der Waals surface area contributed by atoms with Crippen molar-refractivity contribution in [3.63, 3.8) is 0 Å². The van der Waals surface area contributed by atoms with Crippen LogP contribution in [0.1, 0.15) is 25.8 Å². The summed E-state index contributed by atoms with van der Waals surface area (Å²) in [7, 11) is 1.91. The number of carbonyl (C=O) groups is 1. The van der Waals surface area contributed by atoms with Crippen LogP contribution in [0.2, 0.25) is 0 Å². The minimum Gasteiger partial charge on any atom is -0.341 e. The van der Waals surface area contributed by atoms with Gasteiger partial charge in [-0.05, 0) is 24.5 Å². The van der Waals surface area contributed by atoms with Crippen molar-refractivity contribution in [2.75, 3.05) is 13.1 Å². The second-order valence-electron chi connectivity index (χ2n) is 8.25. The number of likely N-dealkylation sites (tertiary alicyclic amines) is 1. The fourth-order valence-corrected chi connectivity index (χ4v) is 4.18. The molecule has 3 aromatic heterocycles. The van der Waals surface area contributed by atoms with Gasteiger partial charge in [0, 0.05) is 74.1 Å². The van der Waals surface area contributed by atoms with E-state index in [1.54, 1.807) is 11.6 Å². The highest BCUT2D eigenvalue weighted by atomic mass is 16.2. The van der Waals surface area contributed by atoms with Crippen molar-refractivity contribution in [3.8, 4) is 33.6 Å². The van der Waals surface area contributed by atoms with E-state index in [1.165, 1.54) is 0 Å². The second-order valence-corrected chi connectivity index (χ2v) is 8.25. The predicted molar refractivity (Wildman–Crippen MR) is 121 cm³/mol. The Morgan fingerprint density at radius 1 is 0.938 bits per heavy atom. The Balaban J connectivity index is 1.34. The van der Waals surface area contributed by atoms with Gasteiger partial charge in [0.05, 0.1) is 18.4 Å². The van der Waals surface area contributed by atoms with Crippen LogP contribution < -0.4 is 0 Å². The molecule has 1 aliphatic rings. The normalized spacial score (nSPS) is 16.3. The summed E-state index contributed by atoms with van der Waals surface area (Å²) in [6.45, 7) is 3.17. The molecule has 4 heterocycles. The highest BCUT2D eigenvalue weighted by Gasteiger charge is 2.23. The van der Waals surface area contributed by atoms with E-state index in [4.69, 9.17) is 0 Å². The van der Waals surface area contributed by atoms with Gasteiger partial charge in [-0.1, -0.05) is 18.2 Å². The minimum atomic E-state index is 0.124. The molecule has 1 atom stereocenters. The van der Waals surface area contributed by atoms with Crippen molar-refractivity contribution in [3.05, 3.63) is 61.4 Å². The molecular formula is C24H25N7O. The van der Waals surface area contributed by atoms with Crippen LogP contribution in [0.4, 0.5) is 0 Å². The molecule has 5 rings (SSSR count). The molecular weight excluding hydrogens is 402 g/mol. The third kappa shape index (κ3) is 4.03. The molecule has 4 aromatic rings. The Morgan fingerprint density at radius 2 is 1.69 bits per heavy atom. The van der Waals surface area contributed by atoms with Crippen LogP contribution in [-0.2, 0) is 11.8 Å². The molecule has 1 amide bonds. The summed E-state index contributed by atoms with van der Waals surface area (Å²) in [5.74, 6) is 0.801. The standard InChI is InChI=1S/C24H25N7O/c1-17(32)30-8-4-7-23(16-30)31-15-22(13-28-31)20-10-25-24(26-11-20)19-6-3-5-18(9-19)21-12-27-29(2)14-21/h3,5-6,9-15,23H,4,7-8,16H2,1-2H3/t23-/m1/s1. The maximum atomic E-state index is 11.7. The van der Waals surface area contributed by atoms with E-state index in [-0.39, 0.29) is 11.9 Å². The zero-order valence-electron chi connectivity index (χ0n) is 18.2. The summed E-state index contributed by atoms with van der Waals surface area (Å²) >= 11 is 0. The number of hydrogen-bond acceptors (Lipinski definition) is 5. The molecule has 0 aliphatic carbocycles. The van der Waals surface area contributed by atoms with E-state index < -0.39 is 0 Å². The molecule has 1 aromatic carbocycles. The van der Waals surface area contributed by atoms with Crippen LogP contribution in [0.15, 0.2) is 61.4 Å². The Bertz CT molecular complexity index is 1240. The molecule has 1 saturated heterocycles. The SMILES string of the molecule is CC(=O)N1CCC[C@@H](n2cc(-c3cnc(-c4cccc(-c5cnn(C)c5)c4)nc3)cn2)C1.